The summed E-state index contributed by atoms with van der Waals surface area (Å²) in [5, 5.41) is 0. The summed E-state index contributed by atoms with van der Waals surface area (Å²) in [6, 6.07) is 6.75. The minimum absolute atomic E-state index is 0.129. The zero-order chi connectivity index (χ0) is 18.5. The molecule has 0 unspecified atom stereocenters. The first kappa shape index (κ1) is 17.9. The van der Waals surface area contributed by atoms with E-state index in [-0.39, 0.29) is 11.8 Å². The van der Waals surface area contributed by atoms with E-state index in [1.54, 1.807) is 43.9 Å². The van der Waals surface area contributed by atoms with E-state index in [2.05, 4.69) is 0 Å². The van der Waals surface area contributed by atoms with Crippen molar-refractivity contribution >= 4 is 24.6 Å². The Kier molecular flexibility index (Phi) is 5.50. The van der Waals surface area contributed by atoms with E-state index in [1.807, 2.05) is 0 Å². The molecule has 0 atom stereocenters. The Morgan fingerprint density at radius 2 is 1.08 bits per heavy atom. The number of amides is 4. The normalized spacial score (nSPS) is 17.8. The molecule has 2 heterocycles. The van der Waals surface area contributed by atoms with Gasteiger partial charge in [0.1, 0.15) is 0 Å². The van der Waals surface area contributed by atoms with Crippen molar-refractivity contribution in [3.05, 3.63) is 35.4 Å². The molecule has 138 valence electrons. The van der Waals surface area contributed by atoms with Gasteiger partial charge in [0.05, 0.1) is 0 Å². The van der Waals surface area contributed by atoms with Crippen molar-refractivity contribution in [3.63, 3.8) is 0 Å². The Hall–Kier alpha value is -2.90. The minimum Gasteiger partial charge on any atom is -0.342 e. The first-order valence-electron chi connectivity index (χ1n) is 8.69. The number of hydrogen-bond donors (Lipinski definition) is 0. The van der Waals surface area contributed by atoms with Crippen molar-refractivity contribution in [1.82, 2.24) is 19.6 Å². The second-order valence-electron chi connectivity index (χ2n) is 6.45. The van der Waals surface area contributed by atoms with E-state index in [1.165, 1.54) is 0 Å². The quantitative estimate of drug-likeness (QED) is 0.681. The predicted octanol–water partition coefficient (Wildman–Crippen LogP) is -0.485. The van der Waals surface area contributed by atoms with Gasteiger partial charge in [-0.05, 0) is 18.2 Å². The molecule has 0 aromatic heterocycles. The van der Waals surface area contributed by atoms with Crippen LogP contribution in [0.5, 0.6) is 0 Å². The maximum atomic E-state index is 12.7. The Labute approximate surface area is 151 Å². The predicted molar refractivity (Wildman–Crippen MR) is 93.5 cm³/mol. The van der Waals surface area contributed by atoms with Gasteiger partial charge >= 0.3 is 0 Å². The topological polar surface area (TPSA) is 81.2 Å². The summed E-state index contributed by atoms with van der Waals surface area (Å²) in [7, 11) is 0. The van der Waals surface area contributed by atoms with Crippen molar-refractivity contribution < 1.29 is 19.2 Å². The molecule has 0 N–H and O–H groups in total. The molecule has 1 aromatic rings. The van der Waals surface area contributed by atoms with Crippen LogP contribution in [0.3, 0.4) is 0 Å². The second kappa shape index (κ2) is 7.99. The summed E-state index contributed by atoms with van der Waals surface area (Å²) in [5.41, 5.74) is 0.948. The molecule has 0 radical (unpaired) electrons. The Bertz CT molecular complexity index is 637. The van der Waals surface area contributed by atoms with Crippen LogP contribution >= 0.6 is 0 Å². The van der Waals surface area contributed by atoms with E-state index in [4.69, 9.17) is 0 Å². The van der Waals surface area contributed by atoms with Crippen molar-refractivity contribution in [3.8, 4) is 0 Å². The lowest BCUT2D eigenvalue weighted by molar-refractivity contribution is -0.120. The van der Waals surface area contributed by atoms with Crippen LogP contribution in [0, 0.1) is 0 Å². The van der Waals surface area contributed by atoms with Gasteiger partial charge in [-0.3, -0.25) is 19.2 Å². The molecule has 0 spiro atoms. The molecule has 0 bridgehead atoms. The molecule has 2 fully saturated rings. The van der Waals surface area contributed by atoms with Gasteiger partial charge in [0, 0.05) is 63.5 Å². The van der Waals surface area contributed by atoms with Gasteiger partial charge in [-0.25, -0.2) is 0 Å². The van der Waals surface area contributed by atoms with Gasteiger partial charge < -0.3 is 19.6 Å². The van der Waals surface area contributed by atoms with Crippen LogP contribution in [0.2, 0.25) is 0 Å². The SMILES string of the molecule is O=CN1CCN(C(=O)c2cccc(C(=O)N3CCN(C=O)CC3)c2)CC1. The highest BCUT2D eigenvalue weighted by Crippen LogP contribution is 2.13. The smallest absolute Gasteiger partial charge is 0.253 e. The molecular formula is C18H22N4O4. The van der Waals surface area contributed by atoms with Crippen molar-refractivity contribution in [2.24, 2.45) is 0 Å². The van der Waals surface area contributed by atoms with Gasteiger partial charge in [0.15, 0.2) is 0 Å². The molecule has 0 saturated carbocycles. The maximum absolute atomic E-state index is 12.7. The third-order valence-electron chi connectivity index (χ3n) is 4.86. The monoisotopic (exact) mass is 358 g/mol. The van der Waals surface area contributed by atoms with Crippen LogP contribution in [0.15, 0.2) is 24.3 Å². The number of piperazine rings is 2. The fraction of sp³-hybridized carbons (Fsp3) is 0.444. The van der Waals surface area contributed by atoms with Crippen LogP contribution < -0.4 is 0 Å². The highest BCUT2D eigenvalue weighted by Gasteiger charge is 2.24. The van der Waals surface area contributed by atoms with Gasteiger partial charge in [-0.15, -0.1) is 0 Å². The number of benzene rings is 1. The summed E-state index contributed by atoms with van der Waals surface area (Å²) in [4.78, 5) is 53.6. The van der Waals surface area contributed by atoms with Gasteiger partial charge in [-0.1, -0.05) is 6.07 Å². The molecule has 4 amide bonds. The summed E-state index contributed by atoms with van der Waals surface area (Å²) < 4.78 is 0. The Morgan fingerprint density at radius 3 is 1.42 bits per heavy atom. The number of rotatable bonds is 4. The summed E-state index contributed by atoms with van der Waals surface area (Å²) in [6.07, 6.45) is 1.59. The van der Waals surface area contributed by atoms with E-state index in [0.29, 0.717) is 63.5 Å². The largest absolute Gasteiger partial charge is 0.342 e. The lowest BCUT2D eigenvalue weighted by Crippen LogP contribution is -2.48. The van der Waals surface area contributed by atoms with Crippen LogP contribution in [0.25, 0.3) is 0 Å². The van der Waals surface area contributed by atoms with Crippen LogP contribution in [0.4, 0.5) is 0 Å². The average molecular weight is 358 g/mol. The first-order valence-corrected chi connectivity index (χ1v) is 8.69. The number of hydrogen-bond acceptors (Lipinski definition) is 4. The molecule has 1 aromatic carbocycles. The molecule has 0 aliphatic carbocycles. The minimum atomic E-state index is -0.129. The third kappa shape index (κ3) is 3.84. The Morgan fingerprint density at radius 1 is 0.692 bits per heavy atom. The number of carbonyl (C=O) groups is 4. The van der Waals surface area contributed by atoms with Crippen LogP contribution in [-0.2, 0) is 9.59 Å². The van der Waals surface area contributed by atoms with Crippen molar-refractivity contribution in [2.45, 2.75) is 0 Å². The molecule has 2 aliphatic heterocycles. The van der Waals surface area contributed by atoms with Crippen molar-refractivity contribution in [2.75, 3.05) is 52.4 Å². The molecule has 2 saturated heterocycles. The van der Waals surface area contributed by atoms with E-state index in [0.717, 1.165) is 12.8 Å². The molecule has 26 heavy (non-hydrogen) atoms. The Balaban J connectivity index is 1.66. The summed E-state index contributed by atoms with van der Waals surface area (Å²) in [6.45, 7) is 4.05. The zero-order valence-corrected chi connectivity index (χ0v) is 14.5. The fourth-order valence-electron chi connectivity index (χ4n) is 3.21. The van der Waals surface area contributed by atoms with E-state index >= 15 is 0 Å². The van der Waals surface area contributed by atoms with Crippen LogP contribution in [0.1, 0.15) is 20.7 Å². The maximum Gasteiger partial charge on any atom is 0.253 e. The zero-order valence-electron chi connectivity index (χ0n) is 14.5. The molecule has 2 aliphatic rings. The summed E-state index contributed by atoms with van der Waals surface area (Å²) >= 11 is 0. The highest BCUT2D eigenvalue weighted by atomic mass is 16.2. The fourth-order valence-corrected chi connectivity index (χ4v) is 3.21. The molecular weight excluding hydrogens is 336 g/mol. The first-order chi connectivity index (χ1) is 12.6. The van der Waals surface area contributed by atoms with Crippen molar-refractivity contribution in [1.29, 1.82) is 0 Å². The number of nitrogens with zero attached hydrogens (tertiary/aromatic N) is 4. The average Bonchev–Trinajstić information content (AvgIpc) is 2.73. The second-order valence-corrected chi connectivity index (χ2v) is 6.45. The van der Waals surface area contributed by atoms with Crippen LogP contribution in [-0.4, -0.2) is 96.6 Å². The lowest BCUT2D eigenvalue weighted by Gasteiger charge is -2.33. The van der Waals surface area contributed by atoms with Gasteiger partial charge in [0.2, 0.25) is 12.8 Å². The van der Waals surface area contributed by atoms with E-state index < -0.39 is 0 Å². The van der Waals surface area contributed by atoms with Gasteiger partial charge in [-0.2, -0.15) is 0 Å². The third-order valence-corrected chi connectivity index (χ3v) is 4.86. The van der Waals surface area contributed by atoms with E-state index in [9.17, 15) is 19.2 Å². The molecule has 8 nitrogen and oxygen atoms in total. The highest BCUT2D eigenvalue weighted by molar-refractivity contribution is 5.99. The number of carbonyl (C=O) groups excluding carboxylic acids is 4. The molecule has 3 rings (SSSR count). The molecule has 8 heteroatoms. The standard InChI is InChI=1S/C18H22N4O4/c23-13-19-4-8-21(9-5-19)17(25)15-2-1-3-16(12-15)18(26)22-10-6-20(14-24)7-11-22/h1-3,12-14H,4-11H2. The summed E-state index contributed by atoms with van der Waals surface area (Å²) in [5.74, 6) is -0.257. The van der Waals surface area contributed by atoms with Gasteiger partial charge in [0.25, 0.3) is 11.8 Å². The lowest BCUT2D eigenvalue weighted by atomic mass is 10.1.